The van der Waals surface area contributed by atoms with E-state index in [0.29, 0.717) is 5.56 Å². The molecule has 1 aromatic rings. The molecule has 2 saturated heterocycles. The summed E-state index contributed by atoms with van der Waals surface area (Å²) in [4.78, 5) is 15.1. The number of H-pyrrole nitrogens is 1. The van der Waals surface area contributed by atoms with E-state index in [-0.39, 0.29) is 18.5 Å². The minimum Gasteiger partial charge on any atom is -1.00 e. The predicted molar refractivity (Wildman–Crippen MR) is 73.8 cm³/mol. The fourth-order valence-electron chi connectivity index (χ4n) is 3.55. The first kappa shape index (κ1) is 16.3. The normalized spacial score (nSPS) is 26.3. The van der Waals surface area contributed by atoms with Crippen LogP contribution >= 0.6 is 0 Å². The van der Waals surface area contributed by atoms with Crippen LogP contribution in [0.2, 0.25) is 0 Å². The van der Waals surface area contributed by atoms with Crippen LogP contribution in [0.15, 0.2) is 18.5 Å². The van der Waals surface area contributed by atoms with Gasteiger partial charge in [0.25, 0.3) is 0 Å². The number of aliphatic hydroxyl groups is 1. The number of aromatic nitrogens is 1. The lowest BCUT2D eigenvalue weighted by molar-refractivity contribution is -0.906. The Labute approximate surface area is 131 Å². The summed E-state index contributed by atoms with van der Waals surface area (Å²) in [5.41, 5.74) is -1.02. The van der Waals surface area contributed by atoms with Crippen molar-refractivity contribution in [3.05, 3.63) is 24.0 Å². The van der Waals surface area contributed by atoms with E-state index in [4.69, 9.17) is 4.74 Å². The van der Waals surface area contributed by atoms with Gasteiger partial charge in [0.05, 0.1) is 19.6 Å². The molecule has 2 aliphatic rings. The fourth-order valence-corrected chi connectivity index (χ4v) is 3.55. The smallest absolute Gasteiger partial charge is 0.343 e. The number of hydrogen-bond acceptors (Lipinski definition) is 3. The molecule has 2 fully saturated rings. The maximum atomic E-state index is 12.2. The maximum absolute atomic E-state index is 12.2. The summed E-state index contributed by atoms with van der Waals surface area (Å²) in [6, 6.07) is 1.70. The molecule has 0 bridgehead atoms. The monoisotopic (exact) mass is 314 g/mol. The average molecular weight is 315 g/mol. The zero-order valence-corrected chi connectivity index (χ0v) is 13.1. The summed E-state index contributed by atoms with van der Waals surface area (Å²) in [6.07, 6.45) is 6.74. The molecule has 1 aromatic heterocycles. The van der Waals surface area contributed by atoms with Gasteiger partial charge in [-0.25, -0.2) is 4.79 Å². The third-order valence-corrected chi connectivity index (χ3v) is 4.86. The highest BCUT2D eigenvalue weighted by atomic mass is 35.5. The van der Waals surface area contributed by atoms with Gasteiger partial charge in [-0.05, 0) is 13.0 Å². The Kier molecular flexibility index (Phi) is 4.66. The number of carbonyl (C=O) groups is 1. The van der Waals surface area contributed by atoms with Crippen LogP contribution in [0.4, 0.5) is 0 Å². The van der Waals surface area contributed by atoms with Crippen LogP contribution in [-0.4, -0.2) is 52.8 Å². The molecule has 0 aliphatic carbocycles. The first-order valence-corrected chi connectivity index (χ1v) is 7.44. The Morgan fingerprint density at radius 3 is 2.76 bits per heavy atom. The van der Waals surface area contributed by atoms with E-state index in [1.54, 1.807) is 18.5 Å². The van der Waals surface area contributed by atoms with Crippen LogP contribution < -0.4 is 12.4 Å². The van der Waals surface area contributed by atoms with E-state index >= 15 is 0 Å². The van der Waals surface area contributed by atoms with Crippen molar-refractivity contribution in [1.29, 1.82) is 0 Å². The van der Waals surface area contributed by atoms with Crippen molar-refractivity contribution < 1.29 is 31.5 Å². The minimum atomic E-state index is -1.57. The van der Waals surface area contributed by atoms with Gasteiger partial charge in [0.2, 0.25) is 0 Å². The summed E-state index contributed by atoms with van der Waals surface area (Å²) in [5.74, 6) is -0.540. The molecule has 6 heteroatoms. The third-order valence-electron chi connectivity index (χ3n) is 4.86. The Bertz CT molecular complexity index is 481. The zero-order valence-electron chi connectivity index (χ0n) is 12.3. The topological polar surface area (TPSA) is 62.3 Å². The lowest BCUT2D eigenvalue weighted by Gasteiger charge is -2.29. The quantitative estimate of drug-likeness (QED) is 0.509. The van der Waals surface area contributed by atoms with Gasteiger partial charge in [-0.1, -0.05) is 0 Å². The largest absolute Gasteiger partial charge is 1.00 e. The van der Waals surface area contributed by atoms with Gasteiger partial charge in [0.1, 0.15) is 6.54 Å². The number of esters is 1. The number of hydrogen-bond donors (Lipinski definition) is 2. The molecule has 0 aromatic carbocycles. The third kappa shape index (κ3) is 3.10. The molecular weight excluding hydrogens is 292 g/mol. The number of ether oxygens (including phenoxy) is 1. The average Bonchev–Trinajstić information content (AvgIpc) is 3.14. The molecule has 21 heavy (non-hydrogen) atoms. The first-order valence-electron chi connectivity index (χ1n) is 7.44. The number of aromatic amines is 1. The summed E-state index contributed by atoms with van der Waals surface area (Å²) >= 11 is 0. The zero-order chi connectivity index (χ0) is 14.2. The molecule has 0 amide bonds. The summed E-state index contributed by atoms with van der Waals surface area (Å²) < 4.78 is 6.67. The van der Waals surface area contributed by atoms with Crippen molar-refractivity contribution in [3.63, 3.8) is 0 Å². The molecule has 2 N–H and O–H groups in total. The van der Waals surface area contributed by atoms with Gasteiger partial charge in [0, 0.05) is 37.2 Å². The highest BCUT2D eigenvalue weighted by Crippen LogP contribution is 2.30. The van der Waals surface area contributed by atoms with E-state index < -0.39 is 11.6 Å². The predicted octanol–water partition coefficient (Wildman–Crippen LogP) is -1.85. The number of nitrogens with one attached hydrogen (secondary N) is 1. The van der Waals surface area contributed by atoms with Crippen LogP contribution in [0.5, 0.6) is 0 Å². The van der Waals surface area contributed by atoms with Gasteiger partial charge in [-0.15, -0.1) is 0 Å². The number of carbonyl (C=O) groups excluding carboxylic acids is 1. The fraction of sp³-hybridized carbons (Fsp3) is 0.667. The summed E-state index contributed by atoms with van der Waals surface area (Å²) in [7, 11) is 0. The molecule has 0 radical (unpaired) electrons. The second-order valence-corrected chi connectivity index (χ2v) is 6.39. The van der Waals surface area contributed by atoms with Gasteiger partial charge >= 0.3 is 5.97 Å². The Morgan fingerprint density at radius 2 is 2.14 bits per heavy atom. The van der Waals surface area contributed by atoms with Crippen LogP contribution in [0.1, 0.15) is 31.7 Å². The molecular formula is C15H23ClN2O3. The second-order valence-electron chi connectivity index (χ2n) is 6.39. The lowest BCUT2D eigenvalue weighted by Crippen LogP contribution is -3.00. The molecule has 2 aliphatic heterocycles. The molecule has 0 saturated carbocycles. The molecule has 2 unspecified atom stereocenters. The van der Waals surface area contributed by atoms with Crippen molar-refractivity contribution in [1.82, 2.24) is 4.98 Å². The summed E-state index contributed by atoms with van der Waals surface area (Å²) in [6.45, 7) is 5.93. The first-order chi connectivity index (χ1) is 9.52. The lowest BCUT2D eigenvalue weighted by atomic mass is 9.99. The van der Waals surface area contributed by atoms with E-state index in [0.717, 1.165) is 24.0 Å². The van der Waals surface area contributed by atoms with E-state index in [9.17, 15) is 9.90 Å². The standard InChI is InChI=1S/C15H23N2O3.ClH/c1-15(19,12-4-6-16-10-12)14(18)20-13-5-9-17(11-13)7-2-3-8-17;/h4,6,10,13,16,19H,2-3,5,7-9,11H2,1H3;1H/q+1;/p-1. The van der Waals surface area contributed by atoms with Crippen molar-refractivity contribution >= 4 is 5.97 Å². The number of halogens is 1. The molecule has 3 heterocycles. The van der Waals surface area contributed by atoms with Crippen molar-refractivity contribution in [3.8, 4) is 0 Å². The Hall–Kier alpha value is -1.04. The van der Waals surface area contributed by atoms with Crippen LogP contribution in [0, 0.1) is 0 Å². The van der Waals surface area contributed by atoms with Crippen LogP contribution in [-0.2, 0) is 15.1 Å². The minimum absolute atomic E-state index is 0. The SMILES string of the molecule is CC(O)(C(=O)OC1CC[N+]2(CCCC2)C1)c1cc[nH]c1.[Cl-]. The maximum Gasteiger partial charge on any atom is 0.343 e. The van der Waals surface area contributed by atoms with Gasteiger partial charge in [-0.3, -0.25) is 0 Å². The highest BCUT2D eigenvalue weighted by Gasteiger charge is 2.44. The van der Waals surface area contributed by atoms with Crippen molar-refractivity contribution in [2.45, 2.75) is 37.9 Å². The van der Waals surface area contributed by atoms with Crippen LogP contribution in [0.3, 0.4) is 0 Å². The second kappa shape index (κ2) is 5.99. The van der Waals surface area contributed by atoms with Gasteiger partial charge < -0.3 is 31.7 Å². The number of nitrogens with zero attached hydrogens (tertiary/aromatic N) is 1. The van der Waals surface area contributed by atoms with E-state index in [2.05, 4.69) is 4.98 Å². The van der Waals surface area contributed by atoms with E-state index in [1.165, 1.54) is 32.9 Å². The van der Waals surface area contributed by atoms with Crippen molar-refractivity contribution in [2.75, 3.05) is 26.2 Å². The molecule has 118 valence electrons. The Balaban J connectivity index is 0.00000161. The van der Waals surface area contributed by atoms with Gasteiger partial charge in [-0.2, -0.15) is 0 Å². The van der Waals surface area contributed by atoms with Gasteiger partial charge in [0.15, 0.2) is 11.7 Å². The highest BCUT2D eigenvalue weighted by molar-refractivity contribution is 5.80. The molecule has 5 nitrogen and oxygen atoms in total. The number of quaternary nitrogens is 1. The van der Waals surface area contributed by atoms with E-state index in [1.807, 2.05) is 0 Å². The number of rotatable bonds is 3. The molecule has 2 atom stereocenters. The van der Waals surface area contributed by atoms with Crippen LogP contribution in [0.25, 0.3) is 0 Å². The Morgan fingerprint density at radius 1 is 1.43 bits per heavy atom. The molecule has 3 rings (SSSR count). The summed E-state index contributed by atoms with van der Waals surface area (Å²) in [5, 5.41) is 10.4. The molecule has 1 spiro atoms. The van der Waals surface area contributed by atoms with Crippen molar-refractivity contribution in [2.24, 2.45) is 0 Å².